The number of halogens is 3. The zero-order valence-corrected chi connectivity index (χ0v) is 20.3. The highest BCUT2D eigenvalue weighted by atomic mass is 19.4. The fourth-order valence-electron chi connectivity index (χ4n) is 6.37. The molecule has 2 atom stereocenters. The summed E-state index contributed by atoms with van der Waals surface area (Å²) in [6, 6.07) is 9.24. The molecule has 36 heavy (non-hydrogen) atoms. The van der Waals surface area contributed by atoms with Crippen molar-refractivity contribution < 1.29 is 18.0 Å². The number of rotatable bonds is 4. The zero-order chi connectivity index (χ0) is 25.6. The third-order valence-electron chi connectivity index (χ3n) is 8.53. The Bertz CT molecular complexity index is 1200. The Kier molecular flexibility index (Phi) is 6.20. The number of allylic oxidation sites excluding steroid dienone is 8. The average Bonchev–Trinajstić information content (AvgIpc) is 3.00. The number of likely N-dealkylation sites (tertiary alicyclic amines) is 1. The monoisotopic (exact) mass is 493 g/mol. The molecule has 188 valence electrons. The molecule has 1 aromatic carbocycles. The maximum absolute atomic E-state index is 12.4. The normalized spacial score (nSPS) is 31.6. The lowest BCUT2D eigenvalue weighted by Crippen LogP contribution is -2.57. The minimum Gasteiger partial charge on any atom is -0.343 e. The van der Waals surface area contributed by atoms with Crippen molar-refractivity contribution in [2.45, 2.75) is 50.2 Å². The molecule has 1 aromatic rings. The number of benzene rings is 1. The summed E-state index contributed by atoms with van der Waals surface area (Å²) in [5, 5.41) is 11.9. The molecular weight excluding hydrogens is 463 g/mol. The van der Waals surface area contributed by atoms with Crippen LogP contribution in [0.25, 0.3) is 0 Å². The van der Waals surface area contributed by atoms with Crippen molar-refractivity contribution >= 4 is 5.91 Å². The molecule has 7 heteroatoms. The van der Waals surface area contributed by atoms with Gasteiger partial charge in [-0.05, 0) is 67.0 Å². The number of carbonyl (C=O) groups is 1. The Morgan fingerprint density at radius 3 is 2.61 bits per heavy atom. The summed E-state index contributed by atoms with van der Waals surface area (Å²) in [5.74, 6) is -0.310. The summed E-state index contributed by atoms with van der Waals surface area (Å²) in [4.78, 5) is 14.5. The standard InChI is InChI=1S/C29H30F3N3O/c1-20-17-35(14-13-28(20)12-11-21-5-3-2-4-6-25(21)28)24-15-27(16-24,18-33)23-9-7-22(8-10-23)26(36)34-19-29(30,31)32/h2-4,6-12,20,24H,5,13-17,19H2,1H3,(H,34,36). The van der Waals surface area contributed by atoms with Crippen LogP contribution in [0.1, 0.15) is 48.5 Å². The van der Waals surface area contributed by atoms with Gasteiger partial charge in [-0.15, -0.1) is 0 Å². The van der Waals surface area contributed by atoms with Crippen LogP contribution >= 0.6 is 0 Å². The van der Waals surface area contributed by atoms with Crippen LogP contribution in [-0.2, 0) is 5.41 Å². The smallest absolute Gasteiger partial charge is 0.343 e. The van der Waals surface area contributed by atoms with Gasteiger partial charge in [0.25, 0.3) is 5.91 Å². The van der Waals surface area contributed by atoms with E-state index in [9.17, 15) is 23.2 Å². The second-order valence-electron chi connectivity index (χ2n) is 10.6. The van der Waals surface area contributed by atoms with Gasteiger partial charge in [0.1, 0.15) is 6.54 Å². The highest BCUT2D eigenvalue weighted by molar-refractivity contribution is 5.94. The van der Waals surface area contributed by atoms with E-state index < -0.39 is 24.0 Å². The lowest BCUT2D eigenvalue weighted by Gasteiger charge is -2.53. The van der Waals surface area contributed by atoms with E-state index >= 15 is 0 Å². The average molecular weight is 494 g/mol. The molecular formula is C29H30F3N3O. The topological polar surface area (TPSA) is 56.1 Å². The van der Waals surface area contributed by atoms with E-state index in [4.69, 9.17) is 0 Å². The van der Waals surface area contributed by atoms with Crippen LogP contribution in [-0.4, -0.2) is 42.7 Å². The number of hydrogen-bond acceptors (Lipinski definition) is 3. The van der Waals surface area contributed by atoms with Crippen LogP contribution < -0.4 is 5.32 Å². The summed E-state index contributed by atoms with van der Waals surface area (Å²) in [6.45, 7) is 2.93. The van der Waals surface area contributed by atoms with E-state index in [1.165, 1.54) is 23.3 Å². The Labute approximate surface area is 209 Å². The molecule has 3 aliphatic carbocycles. The van der Waals surface area contributed by atoms with Crippen molar-refractivity contribution in [1.29, 1.82) is 5.26 Å². The van der Waals surface area contributed by atoms with E-state index in [2.05, 4.69) is 54.3 Å². The van der Waals surface area contributed by atoms with Crippen LogP contribution in [0.5, 0.6) is 0 Å². The van der Waals surface area contributed by atoms with E-state index in [0.717, 1.165) is 44.3 Å². The predicted molar refractivity (Wildman–Crippen MR) is 132 cm³/mol. The number of amides is 1. The lowest BCUT2D eigenvalue weighted by molar-refractivity contribution is -0.123. The third-order valence-corrected chi connectivity index (χ3v) is 8.53. The molecule has 2 fully saturated rings. The summed E-state index contributed by atoms with van der Waals surface area (Å²) in [6.07, 6.45) is 12.5. The molecule has 1 amide bonds. The largest absolute Gasteiger partial charge is 0.405 e. The molecule has 0 aromatic heterocycles. The molecule has 0 bridgehead atoms. The van der Waals surface area contributed by atoms with E-state index in [1.807, 2.05) is 5.32 Å². The first-order chi connectivity index (χ1) is 17.2. The highest BCUT2D eigenvalue weighted by Gasteiger charge is 2.51. The van der Waals surface area contributed by atoms with Crippen molar-refractivity contribution in [2.75, 3.05) is 19.6 Å². The van der Waals surface area contributed by atoms with E-state index in [0.29, 0.717) is 12.0 Å². The number of alkyl halides is 3. The van der Waals surface area contributed by atoms with Crippen LogP contribution in [0.3, 0.4) is 0 Å². The summed E-state index contributed by atoms with van der Waals surface area (Å²) in [5.41, 5.74) is 3.32. The van der Waals surface area contributed by atoms with Gasteiger partial charge in [0, 0.05) is 23.6 Å². The predicted octanol–water partition coefficient (Wildman–Crippen LogP) is 5.61. The van der Waals surface area contributed by atoms with Crippen molar-refractivity contribution in [3.63, 3.8) is 0 Å². The SMILES string of the molecule is CC1CN(C2CC(C#N)(c3ccc(C(=O)NCC(F)(F)F)cc3)C2)CCC12C=CC1=C2C=CC=CC1. The van der Waals surface area contributed by atoms with Crippen molar-refractivity contribution in [2.24, 2.45) is 11.3 Å². The number of carbonyl (C=O) groups excluding carboxylic acids is 1. The van der Waals surface area contributed by atoms with E-state index in [-0.39, 0.29) is 11.0 Å². The minimum atomic E-state index is -4.45. The molecule has 1 saturated carbocycles. The fourth-order valence-corrected chi connectivity index (χ4v) is 6.37. The first kappa shape index (κ1) is 24.6. The summed E-state index contributed by atoms with van der Waals surface area (Å²) < 4.78 is 37.1. The molecule has 4 aliphatic rings. The molecule has 4 nitrogen and oxygen atoms in total. The first-order valence-corrected chi connectivity index (χ1v) is 12.5. The van der Waals surface area contributed by atoms with Gasteiger partial charge in [-0.2, -0.15) is 18.4 Å². The number of nitrogens with zero attached hydrogens (tertiary/aromatic N) is 2. The molecule has 1 heterocycles. The van der Waals surface area contributed by atoms with Gasteiger partial charge >= 0.3 is 6.18 Å². The number of nitriles is 1. The number of piperidine rings is 1. The van der Waals surface area contributed by atoms with Crippen molar-refractivity contribution in [1.82, 2.24) is 10.2 Å². The van der Waals surface area contributed by atoms with Gasteiger partial charge in [0.05, 0.1) is 11.5 Å². The van der Waals surface area contributed by atoms with Gasteiger partial charge < -0.3 is 5.32 Å². The van der Waals surface area contributed by atoms with Gasteiger partial charge in [-0.25, -0.2) is 0 Å². The number of hydrogen-bond donors (Lipinski definition) is 1. The van der Waals surface area contributed by atoms with Crippen LogP contribution in [0.2, 0.25) is 0 Å². The summed E-state index contributed by atoms with van der Waals surface area (Å²) in [7, 11) is 0. The van der Waals surface area contributed by atoms with Crippen molar-refractivity contribution in [3.8, 4) is 6.07 Å². The van der Waals surface area contributed by atoms with E-state index in [1.54, 1.807) is 12.1 Å². The number of fused-ring (bicyclic) bond motifs is 1. The first-order valence-electron chi connectivity index (χ1n) is 12.5. The Morgan fingerprint density at radius 2 is 1.94 bits per heavy atom. The third kappa shape index (κ3) is 4.32. The maximum Gasteiger partial charge on any atom is 0.405 e. The van der Waals surface area contributed by atoms with Crippen LogP contribution in [0, 0.1) is 22.7 Å². The fraction of sp³-hybridized carbons (Fsp3) is 0.448. The second-order valence-corrected chi connectivity index (χ2v) is 10.6. The Morgan fingerprint density at radius 1 is 1.19 bits per heavy atom. The Balaban J connectivity index is 1.22. The number of nitrogens with one attached hydrogen (secondary N) is 1. The quantitative estimate of drug-likeness (QED) is 0.593. The van der Waals surface area contributed by atoms with Crippen molar-refractivity contribution in [3.05, 3.63) is 83.0 Å². The lowest BCUT2D eigenvalue weighted by atomic mass is 9.60. The molecule has 1 spiro atoms. The Hall–Kier alpha value is -3.11. The molecule has 0 radical (unpaired) electrons. The van der Waals surface area contributed by atoms with Gasteiger partial charge in [0.15, 0.2) is 0 Å². The maximum atomic E-state index is 12.4. The van der Waals surface area contributed by atoms with Gasteiger partial charge in [0.2, 0.25) is 0 Å². The molecule has 1 saturated heterocycles. The van der Waals surface area contributed by atoms with Crippen LogP contribution in [0.15, 0.2) is 71.9 Å². The second kappa shape index (κ2) is 9.08. The minimum absolute atomic E-state index is 0.0902. The zero-order valence-electron chi connectivity index (χ0n) is 20.3. The molecule has 1 aliphatic heterocycles. The van der Waals surface area contributed by atoms with Gasteiger partial charge in [-0.1, -0.05) is 55.5 Å². The highest BCUT2D eigenvalue weighted by Crippen LogP contribution is 2.53. The van der Waals surface area contributed by atoms with Gasteiger partial charge in [-0.3, -0.25) is 9.69 Å². The molecule has 5 rings (SSSR count). The summed E-state index contributed by atoms with van der Waals surface area (Å²) >= 11 is 0. The molecule has 2 unspecified atom stereocenters. The molecule has 1 N–H and O–H groups in total. The van der Waals surface area contributed by atoms with Crippen LogP contribution in [0.4, 0.5) is 13.2 Å².